The van der Waals surface area contributed by atoms with E-state index in [4.69, 9.17) is 0 Å². The molecule has 4 aromatic rings. The zero-order chi connectivity index (χ0) is 23.7. The Bertz CT molecular complexity index is 1310. The maximum absolute atomic E-state index is 13.0. The number of aliphatic hydroxyl groups excluding tert-OH is 1. The first-order chi connectivity index (χ1) is 16.5. The summed E-state index contributed by atoms with van der Waals surface area (Å²) in [6.07, 6.45) is 6.96. The van der Waals surface area contributed by atoms with Crippen LogP contribution in [0.3, 0.4) is 0 Å². The second-order valence-electron chi connectivity index (χ2n) is 8.75. The number of benzene rings is 1. The Kier molecular flexibility index (Phi) is 5.90. The number of amides is 1. The molecule has 0 saturated heterocycles. The van der Waals surface area contributed by atoms with Crippen LogP contribution < -0.4 is 5.32 Å². The highest BCUT2D eigenvalue weighted by atomic mass is 16.3. The van der Waals surface area contributed by atoms with Crippen LogP contribution in [0.5, 0.6) is 0 Å². The van der Waals surface area contributed by atoms with E-state index in [0.29, 0.717) is 23.1 Å². The number of hydrogen-bond acceptors (Lipinski definition) is 6. The fraction of sp³-hybridized carbons (Fsp3) is 0.269. The second-order valence-corrected chi connectivity index (χ2v) is 8.75. The van der Waals surface area contributed by atoms with Gasteiger partial charge in [-0.2, -0.15) is 0 Å². The quantitative estimate of drug-likeness (QED) is 0.427. The molecular formula is C26H26N6O2. The molecule has 34 heavy (non-hydrogen) atoms. The summed E-state index contributed by atoms with van der Waals surface area (Å²) in [6.45, 7) is 3.63. The molecule has 8 heteroatoms. The van der Waals surface area contributed by atoms with Gasteiger partial charge in [0.25, 0.3) is 5.91 Å². The van der Waals surface area contributed by atoms with Crippen molar-refractivity contribution in [2.45, 2.75) is 44.8 Å². The van der Waals surface area contributed by atoms with Gasteiger partial charge in [0, 0.05) is 40.8 Å². The molecule has 1 aliphatic carbocycles. The van der Waals surface area contributed by atoms with Gasteiger partial charge in [0.2, 0.25) is 0 Å². The average Bonchev–Trinajstić information content (AvgIpc) is 3.60. The molecule has 1 fully saturated rings. The zero-order valence-electron chi connectivity index (χ0n) is 19.1. The SMILES string of the molecule is CC(O)C(C)n1cnnc1-c1cccc(NC(=O)c2cc(-c3ccc(C4CC4)nc3)ccn2)c1. The van der Waals surface area contributed by atoms with E-state index in [1.807, 2.05) is 54.1 Å². The van der Waals surface area contributed by atoms with Crippen molar-refractivity contribution in [3.63, 3.8) is 0 Å². The number of hydrogen-bond donors (Lipinski definition) is 2. The Morgan fingerprint density at radius 3 is 2.65 bits per heavy atom. The molecular weight excluding hydrogens is 428 g/mol. The molecule has 1 saturated carbocycles. The van der Waals surface area contributed by atoms with Crippen molar-refractivity contribution in [3.05, 3.63) is 78.6 Å². The zero-order valence-corrected chi connectivity index (χ0v) is 19.1. The molecule has 0 spiro atoms. The summed E-state index contributed by atoms with van der Waals surface area (Å²) in [7, 11) is 0. The van der Waals surface area contributed by atoms with Crippen LogP contribution in [-0.4, -0.2) is 41.9 Å². The largest absolute Gasteiger partial charge is 0.391 e. The summed E-state index contributed by atoms with van der Waals surface area (Å²) in [5, 5.41) is 21.1. The summed E-state index contributed by atoms with van der Waals surface area (Å²) in [4.78, 5) is 21.8. The summed E-state index contributed by atoms with van der Waals surface area (Å²) >= 11 is 0. The lowest BCUT2D eigenvalue weighted by molar-refractivity contribution is 0.102. The van der Waals surface area contributed by atoms with E-state index < -0.39 is 6.10 Å². The number of aromatic nitrogens is 5. The van der Waals surface area contributed by atoms with Crippen LogP contribution in [0.4, 0.5) is 5.69 Å². The van der Waals surface area contributed by atoms with E-state index in [-0.39, 0.29) is 11.9 Å². The molecule has 0 bridgehead atoms. The first-order valence-electron chi connectivity index (χ1n) is 11.4. The normalized spacial score (nSPS) is 15.0. The minimum atomic E-state index is -0.559. The van der Waals surface area contributed by atoms with Crippen LogP contribution >= 0.6 is 0 Å². The Hall–Kier alpha value is -3.91. The van der Waals surface area contributed by atoms with Gasteiger partial charge in [-0.15, -0.1) is 10.2 Å². The van der Waals surface area contributed by atoms with Crippen LogP contribution in [-0.2, 0) is 0 Å². The van der Waals surface area contributed by atoms with Crippen molar-refractivity contribution < 1.29 is 9.90 Å². The first kappa shape index (κ1) is 21.9. The third-order valence-corrected chi connectivity index (χ3v) is 6.20. The Labute approximate surface area is 197 Å². The first-order valence-corrected chi connectivity index (χ1v) is 11.4. The highest BCUT2D eigenvalue weighted by Crippen LogP contribution is 2.39. The van der Waals surface area contributed by atoms with Crippen molar-refractivity contribution in [1.82, 2.24) is 24.7 Å². The van der Waals surface area contributed by atoms with Crippen LogP contribution in [0.2, 0.25) is 0 Å². The molecule has 3 heterocycles. The van der Waals surface area contributed by atoms with Crippen LogP contribution in [0, 0.1) is 0 Å². The van der Waals surface area contributed by atoms with Crippen molar-refractivity contribution in [1.29, 1.82) is 0 Å². The van der Waals surface area contributed by atoms with Gasteiger partial charge in [-0.1, -0.05) is 18.2 Å². The monoisotopic (exact) mass is 454 g/mol. The molecule has 0 radical (unpaired) electrons. The molecule has 2 unspecified atom stereocenters. The van der Waals surface area contributed by atoms with E-state index in [2.05, 4.69) is 31.5 Å². The van der Waals surface area contributed by atoms with E-state index >= 15 is 0 Å². The Morgan fingerprint density at radius 1 is 1.06 bits per heavy atom. The van der Waals surface area contributed by atoms with Crippen LogP contribution in [0.1, 0.15) is 54.8 Å². The van der Waals surface area contributed by atoms with Gasteiger partial charge in [-0.25, -0.2) is 0 Å². The molecule has 172 valence electrons. The molecule has 1 aliphatic rings. The smallest absolute Gasteiger partial charge is 0.274 e. The van der Waals surface area contributed by atoms with Gasteiger partial charge in [0.1, 0.15) is 12.0 Å². The number of anilines is 1. The topological polar surface area (TPSA) is 106 Å². The predicted octanol–water partition coefficient (Wildman–Crippen LogP) is 4.47. The lowest BCUT2D eigenvalue weighted by Gasteiger charge is -2.18. The molecule has 1 amide bonds. The molecule has 0 aliphatic heterocycles. The number of nitrogens with one attached hydrogen (secondary N) is 1. The van der Waals surface area contributed by atoms with Crippen molar-refractivity contribution in [3.8, 4) is 22.5 Å². The summed E-state index contributed by atoms with van der Waals surface area (Å²) in [5.74, 6) is 0.917. The van der Waals surface area contributed by atoms with Gasteiger partial charge in [-0.3, -0.25) is 14.8 Å². The van der Waals surface area contributed by atoms with Gasteiger partial charge in [0.05, 0.1) is 12.1 Å². The maximum Gasteiger partial charge on any atom is 0.274 e. The fourth-order valence-electron chi connectivity index (χ4n) is 3.84. The van der Waals surface area contributed by atoms with E-state index in [0.717, 1.165) is 22.4 Å². The minimum Gasteiger partial charge on any atom is -0.391 e. The number of pyridine rings is 2. The van der Waals surface area contributed by atoms with Crippen LogP contribution in [0.25, 0.3) is 22.5 Å². The Morgan fingerprint density at radius 2 is 1.91 bits per heavy atom. The van der Waals surface area contributed by atoms with Gasteiger partial charge >= 0.3 is 0 Å². The number of aliphatic hydroxyl groups is 1. The second kappa shape index (κ2) is 9.15. The van der Waals surface area contributed by atoms with Gasteiger partial charge in [0.15, 0.2) is 5.82 Å². The highest BCUT2D eigenvalue weighted by Gasteiger charge is 2.24. The summed E-state index contributed by atoms with van der Waals surface area (Å²) in [5.41, 5.74) is 4.70. The van der Waals surface area contributed by atoms with Crippen LogP contribution in [0.15, 0.2) is 67.3 Å². The molecule has 2 atom stereocenters. The number of carbonyl (C=O) groups excluding carboxylic acids is 1. The minimum absolute atomic E-state index is 0.192. The standard InChI is InChI=1S/C26H26N6O2/c1-16(17(2)33)32-15-29-31-25(32)20-4-3-5-22(12-20)30-26(34)24-13-19(10-11-27-24)21-8-9-23(28-14-21)18-6-7-18/h3-5,8-18,33H,6-7H2,1-2H3,(H,30,34). The van der Waals surface area contributed by atoms with E-state index in [1.165, 1.54) is 12.8 Å². The molecule has 5 rings (SSSR count). The molecule has 2 N–H and O–H groups in total. The third kappa shape index (κ3) is 4.58. The maximum atomic E-state index is 13.0. The van der Waals surface area contributed by atoms with Gasteiger partial charge < -0.3 is 15.0 Å². The van der Waals surface area contributed by atoms with Crippen molar-refractivity contribution >= 4 is 11.6 Å². The Balaban J connectivity index is 1.34. The molecule has 3 aromatic heterocycles. The van der Waals surface area contributed by atoms with Gasteiger partial charge in [-0.05, 0) is 62.6 Å². The number of carbonyl (C=O) groups is 1. The van der Waals surface area contributed by atoms with Crippen molar-refractivity contribution in [2.75, 3.05) is 5.32 Å². The van der Waals surface area contributed by atoms with Crippen molar-refractivity contribution in [2.24, 2.45) is 0 Å². The lowest BCUT2D eigenvalue weighted by atomic mass is 10.1. The number of nitrogens with zero attached hydrogens (tertiary/aromatic N) is 5. The summed E-state index contributed by atoms with van der Waals surface area (Å²) < 4.78 is 1.82. The molecule has 1 aromatic carbocycles. The lowest BCUT2D eigenvalue weighted by Crippen LogP contribution is -2.18. The average molecular weight is 455 g/mol. The number of rotatable bonds is 7. The fourth-order valence-corrected chi connectivity index (χ4v) is 3.84. The van der Waals surface area contributed by atoms with E-state index in [9.17, 15) is 9.90 Å². The highest BCUT2D eigenvalue weighted by molar-refractivity contribution is 6.03. The summed E-state index contributed by atoms with van der Waals surface area (Å²) in [6, 6.07) is 14.9. The van der Waals surface area contributed by atoms with E-state index in [1.54, 1.807) is 25.5 Å². The molecule has 8 nitrogen and oxygen atoms in total. The predicted molar refractivity (Wildman–Crippen MR) is 129 cm³/mol. The third-order valence-electron chi connectivity index (χ3n) is 6.20.